The van der Waals surface area contributed by atoms with E-state index in [1.165, 1.54) is 6.07 Å². The number of nitrogen functional groups attached to an aromatic ring is 1. The van der Waals surface area contributed by atoms with Crippen molar-refractivity contribution in [2.45, 2.75) is 25.7 Å². The summed E-state index contributed by atoms with van der Waals surface area (Å²) >= 11 is 3.29. The Morgan fingerprint density at radius 2 is 1.71 bits per heavy atom. The standard InChI is InChI=1S/C15H17BrN2O2S/c1-9-4-5-14(10(2)6-9)18-21(19,20)15-8-13(17)12(16)7-11(15)3/h4-8,18H,17H2,1-3H3. The predicted molar refractivity (Wildman–Crippen MR) is 90.0 cm³/mol. The van der Waals surface area contributed by atoms with Gasteiger partial charge in [-0.1, -0.05) is 17.7 Å². The maximum atomic E-state index is 12.5. The van der Waals surface area contributed by atoms with Gasteiger partial charge in [0.15, 0.2) is 0 Å². The third-order valence-corrected chi connectivity index (χ3v) is 5.40. The Bertz CT molecular complexity index is 802. The topological polar surface area (TPSA) is 72.2 Å². The largest absolute Gasteiger partial charge is 0.398 e. The lowest BCUT2D eigenvalue weighted by Gasteiger charge is -2.14. The van der Waals surface area contributed by atoms with Gasteiger partial charge in [-0.25, -0.2) is 8.42 Å². The van der Waals surface area contributed by atoms with E-state index in [4.69, 9.17) is 5.73 Å². The van der Waals surface area contributed by atoms with E-state index < -0.39 is 10.0 Å². The van der Waals surface area contributed by atoms with Crippen LogP contribution in [0.2, 0.25) is 0 Å². The number of hydrogen-bond donors (Lipinski definition) is 2. The number of rotatable bonds is 3. The Balaban J connectivity index is 2.46. The van der Waals surface area contributed by atoms with Crippen LogP contribution >= 0.6 is 15.9 Å². The number of nitrogens with two attached hydrogens (primary N) is 1. The second kappa shape index (κ2) is 5.69. The van der Waals surface area contributed by atoms with Crippen molar-refractivity contribution in [2.24, 2.45) is 0 Å². The highest BCUT2D eigenvalue weighted by atomic mass is 79.9. The van der Waals surface area contributed by atoms with Crippen LogP contribution in [-0.2, 0) is 10.0 Å². The van der Waals surface area contributed by atoms with Crippen molar-refractivity contribution >= 4 is 37.3 Å². The molecule has 2 aromatic rings. The molecule has 0 amide bonds. The Labute approximate surface area is 133 Å². The molecule has 0 saturated carbocycles. The van der Waals surface area contributed by atoms with Gasteiger partial charge in [-0.15, -0.1) is 0 Å². The summed E-state index contributed by atoms with van der Waals surface area (Å²) in [6.07, 6.45) is 0. The zero-order chi connectivity index (χ0) is 15.8. The summed E-state index contributed by atoms with van der Waals surface area (Å²) in [5, 5.41) is 0. The number of benzene rings is 2. The molecular formula is C15H17BrN2O2S. The monoisotopic (exact) mass is 368 g/mol. The number of sulfonamides is 1. The number of aryl methyl sites for hydroxylation is 3. The predicted octanol–water partition coefficient (Wildman–Crippen LogP) is 3.76. The fourth-order valence-corrected chi connectivity index (χ4v) is 3.94. The number of halogens is 1. The van der Waals surface area contributed by atoms with Crippen molar-refractivity contribution in [3.8, 4) is 0 Å². The number of anilines is 2. The molecule has 0 aliphatic heterocycles. The molecule has 3 N–H and O–H groups in total. The molecule has 0 bridgehead atoms. The molecule has 0 saturated heterocycles. The van der Waals surface area contributed by atoms with Gasteiger partial charge in [-0.05, 0) is 66.0 Å². The van der Waals surface area contributed by atoms with Crippen molar-refractivity contribution in [3.63, 3.8) is 0 Å². The van der Waals surface area contributed by atoms with Crippen molar-refractivity contribution in [1.82, 2.24) is 0 Å². The van der Waals surface area contributed by atoms with Gasteiger partial charge in [-0.2, -0.15) is 0 Å². The first-order valence-corrected chi connectivity index (χ1v) is 8.64. The molecule has 2 aromatic carbocycles. The van der Waals surface area contributed by atoms with E-state index in [1.807, 2.05) is 26.0 Å². The van der Waals surface area contributed by atoms with Gasteiger partial charge in [0.25, 0.3) is 10.0 Å². The highest BCUT2D eigenvalue weighted by Crippen LogP contribution is 2.28. The van der Waals surface area contributed by atoms with Gasteiger partial charge >= 0.3 is 0 Å². The second-order valence-corrected chi connectivity index (χ2v) is 7.57. The lowest BCUT2D eigenvalue weighted by molar-refractivity contribution is 0.600. The summed E-state index contributed by atoms with van der Waals surface area (Å²) < 4.78 is 28.4. The van der Waals surface area contributed by atoms with Crippen LogP contribution in [0.15, 0.2) is 39.7 Å². The molecule has 112 valence electrons. The van der Waals surface area contributed by atoms with Crippen LogP contribution in [0.3, 0.4) is 0 Å². The van der Waals surface area contributed by atoms with Crippen molar-refractivity contribution < 1.29 is 8.42 Å². The molecule has 0 aliphatic carbocycles. The van der Waals surface area contributed by atoms with Crippen LogP contribution in [0.4, 0.5) is 11.4 Å². The van der Waals surface area contributed by atoms with E-state index in [0.29, 0.717) is 21.4 Å². The first-order valence-electron chi connectivity index (χ1n) is 6.36. The molecule has 0 radical (unpaired) electrons. The molecule has 0 aliphatic rings. The highest BCUT2D eigenvalue weighted by Gasteiger charge is 2.19. The fraction of sp³-hybridized carbons (Fsp3) is 0.200. The Hall–Kier alpha value is -1.53. The van der Waals surface area contributed by atoms with Crippen LogP contribution in [0.5, 0.6) is 0 Å². The van der Waals surface area contributed by atoms with E-state index in [1.54, 1.807) is 19.1 Å². The third kappa shape index (κ3) is 3.39. The second-order valence-electron chi connectivity index (χ2n) is 5.06. The molecule has 0 fully saturated rings. The molecule has 0 unspecified atom stereocenters. The van der Waals surface area contributed by atoms with Crippen LogP contribution in [0, 0.1) is 20.8 Å². The van der Waals surface area contributed by atoms with Gasteiger partial charge in [0.05, 0.1) is 10.6 Å². The average Bonchev–Trinajstić information content (AvgIpc) is 2.37. The van der Waals surface area contributed by atoms with E-state index >= 15 is 0 Å². The maximum absolute atomic E-state index is 12.5. The highest BCUT2D eigenvalue weighted by molar-refractivity contribution is 9.10. The van der Waals surface area contributed by atoms with Gasteiger partial charge in [-0.3, -0.25) is 4.72 Å². The van der Waals surface area contributed by atoms with Gasteiger partial charge in [0, 0.05) is 10.2 Å². The fourth-order valence-electron chi connectivity index (χ4n) is 2.09. The van der Waals surface area contributed by atoms with E-state index in [-0.39, 0.29) is 4.90 Å². The summed E-state index contributed by atoms with van der Waals surface area (Å²) in [7, 11) is -3.67. The number of nitrogens with one attached hydrogen (secondary N) is 1. The first kappa shape index (κ1) is 15.9. The van der Waals surface area contributed by atoms with Gasteiger partial charge < -0.3 is 5.73 Å². The van der Waals surface area contributed by atoms with Crippen LogP contribution in [-0.4, -0.2) is 8.42 Å². The normalized spacial score (nSPS) is 11.4. The summed E-state index contributed by atoms with van der Waals surface area (Å²) in [4.78, 5) is 0.183. The van der Waals surface area contributed by atoms with Gasteiger partial charge in [0.2, 0.25) is 0 Å². The SMILES string of the molecule is Cc1ccc(NS(=O)(=O)c2cc(N)c(Br)cc2C)c(C)c1. The van der Waals surface area contributed by atoms with Crippen LogP contribution in [0.25, 0.3) is 0 Å². The summed E-state index contributed by atoms with van der Waals surface area (Å²) in [6.45, 7) is 5.57. The summed E-state index contributed by atoms with van der Waals surface area (Å²) in [6, 6.07) is 8.73. The van der Waals surface area contributed by atoms with Crippen molar-refractivity contribution in [2.75, 3.05) is 10.5 Å². The molecule has 6 heteroatoms. The molecule has 0 atom stereocenters. The molecule has 2 rings (SSSR count). The molecule has 4 nitrogen and oxygen atoms in total. The zero-order valence-corrected chi connectivity index (χ0v) is 14.5. The maximum Gasteiger partial charge on any atom is 0.262 e. The Kier molecular flexibility index (Phi) is 4.30. The van der Waals surface area contributed by atoms with Crippen LogP contribution < -0.4 is 10.5 Å². The zero-order valence-electron chi connectivity index (χ0n) is 12.1. The minimum Gasteiger partial charge on any atom is -0.398 e. The number of hydrogen-bond acceptors (Lipinski definition) is 3. The summed E-state index contributed by atoms with van der Waals surface area (Å²) in [5.41, 5.74) is 9.34. The lowest BCUT2D eigenvalue weighted by atomic mass is 10.1. The lowest BCUT2D eigenvalue weighted by Crippen LogP contribution is -2.15. The molecule has 0 heterocycles. The molecule has 0 aromatic heterocycles. The molecular weight excluding hydrogens is 352 g/mol. The van der Waals surface area contributed by atoms with E-state index in [2.05, 4.69) is 20.7 Å². The van der Waals surface area contributed by atoms with Crippen LogP contribution in [0.1, 0.15) is 16.7 Å². The van der Waals surface area contributed by atoms with Crippen molar-refractivity contribution in [1.29, 1.82) is 0 Å². The average molecular weight is 369 g/mol. The van der Waals surface area contributed by atoms with E-state index in [0.717, 1.165) is 11.1 Å². The third-order valence-electron chi connectivity index (χ3n) is 3.21. The first-order chi connectivity index (χ1) is 9.70. The van der Waals surface area contributed by atoms with E-state index in [9.17, 15) is 8.42 Å². The van der Waals surface area contributed by atoms with Gasteiger partial charge in [0.1, 0.15) is 0 Å². The minimum atomic E-state index is -3.67. The quantitative estimate of drug-likeness (QED) is 0.810. The molecule has 21 heavy (non-hydrogen) atoms. The smallest absolute Gasteiger partial charge is 0.262 e. The summed E-state index contributed by atoms with van der Waals surface area (Å²) in [5.74, 6) is 0. The molecule has 0 spiro atoms. The Morgan fingerprint density at radius 3 is 2.33 bits per heavy atom. The van der Waals surface area contributed by atoms with Crippen molar-refractivity contribution in [3.05, 3.63) is 51.5 Å². The Morgan fingerprint density at radius 1 is 1.05 bits per heavy atom. The minimum absolute atomic E-state index is 0.183.